The molecule has 9 heteroatoms. The van der Waals surface area contributed by atoms with Crippen molar-refractivity contribution in [3.8, 4) is 12.1 Å². The minimum absolute atomic E-state index is 0.0340. The summed E-state index contributed by atoms with van der Waals surface area (Å²) in [5.74, 6) is -2.75. The number of ether oxygens (including phenoxy) is 2. The fourth-order valence-electron chi connectivity index (χ4n) is 3.56. The number of nitrogens with zero attached hydrogens (tertiary/aromatic N) is 3. The van der Waals surface area contributed by atoms with Crippen molar-refractivity contribution >= 4 is 40.2 Å². The van der Waals surface area contributed by atoms with E-state index in [-0.39, 0.29) is 33.9 Å². The van der Waals surface area contributed by atoms with E-state index in [4.69, 9.17) is 15.2 Å². The van der Waals surface area contributed by atoms with Crippen molar-refractivity contribution in [1.29, 1.82) is 10.5 Å². The Bertz CT molecular complexity index is 1240. The molecular formula is C23H17IN4O4. The van der Waals surface area contributed by atoms with Crippen LogP contribution in [-0.4, -0.2) is 26.2 Å². The topological polar surface area (TPSA) is 129 Å². The molecule has 2 aromatic rings. The summed E-state index contributed by atoms with van der Waals surface area (Å²) in [7, 11) is 2.34. The lowest BCUT2D eigenvalue weighted by Crippen LogP contribution is -2.41. The fraction of sp³-hybridized carbons (Fsp3) is 0.130. The van der Waals surface area contributed by atoms with E-state index in [1.165, 1.54) is 19.1 Å². The highest BCUT2D eigenvalue weighted by atomic mass is 127. The molecular weight excluding hydrogens is 523 g/mol. The van der Waals surface area contributed by atoms with Gasteiger partial charge in [0, 0.05) is 3.57 Å². The van der Waals surface area contributed by atoms with Gasteiger partial charge in [-0.25, -0.2) is 9.59 Å². The van der Waals surface area contributed by atoms with Gasteiger partial charge in [-0.2, -0.15) is 10.5 Å². The van der Waals surface area contributed by atoms with Crippen LogP contribution < -0.4 is 10.6 Å². The Morgan fingerprint density at radius 2 is 1.69 bits per heavy atom. The van der Waals surface area contributed by atoms with E-state index >= 15 is 0 Å². The molecule has 1 aliphatic rings. The quantitative estimate of drug-likeness (QED) is 0.463. The highest BCUT2D eigenvalue weighted by Crippen LogP contribution is 2.43. The van der Waals surface area contributed by atoms with Crippen LogP contribution in [0.4, 0.5) is 5.69 Å². The molecule has 8 nitrogen and oxygen atoms in total. The molecule has 0 aromatic heterocycles. The third kappa shape index (κ3) is 3.90. The van der Waals surface area contributed by atoms with E-state index in [1.54, 1.807) is 48.5 Å². The van der Waals surface area contributed by atoms with Crippen molar-refractivity contribution in [2.75, 3.05) is 19.1 Å². The minimum atomic E-state index is -0.964. The van der Waals surface area contributed by atoms with Crippen LogP contribution in [0.2, 0.25) is 0 Å². The van der Waals surface area contributed by atoms with E-state index in [1.807, 2.05) is 22.6 Å². The lowest BCUT2D eigenvalue weighted by molar-refractivity contribution is -0.139. The number of benzene rings is 2. The Hall–Kier alpha value is -3.83. The first kappa shape index (κ1) is 22.8. The van der Waals surface area contributed by atoms with Crippen LogP contribution in [0.25, 0.3) is 0 Å². The molecule has 32 heavy (non-hydrogen) atoms. The van der Waals surface area contributed by atoms with Crippen molar-refractivity contribution in [2.45, 2.75) is 5.92 Å². The number of hydrogen-bond donors (Lipinski definition) is 1. The number of halogens is 1. The van der Waals surface area contributed by atoms with Gasteiger partial charge in [-0.15, -0.1) is 0 Å². The first-order valence-corrected chi connectivity index (χ1v) is 10.3. The lowest BCUT2D eigenvalue weighted by Gasteiger charge is -2.36. The average molecular weight is 540 g/mol. The molecule has 0 radical (unpaired) electrons. The number of allylic oxidation sites excluding steroid dienone is 1. The Morgan fingerprint density at radius 3 is 2.25 bits per heavy atom. The standard InChI is InChI=1S/C23H17IN4O4/c1-31-22(29)19-18(13-6-4-3-5-7-13)16(12-26)21(27)28(20(19)23(30)32-2)17-9-8-15(24)10-14(17)11-25/h3-10,18H,27H2,1-2H3. The first-order chi connectivity index (χ1) is 15.4. The predicted molar refractivity (Wildman–Crippen MR) is 123 cm³/mol. The predicted octanol–water partition coefficient (Wildman–Crippen LogP) is 3.06. The molecule has 0 saturated heterocycles. The SMILES string of the molecule is COC(=O)C1=C(C(=O)OC)N(c2ccc(I)cc2C#N)C(N)=C(C#N)C1c1ccccc1. The summed E-state index contributed by atoms with van der Waals surface area (Å²) in [5, 5.41) is 19.7. The highest BCUT2D eigenvalue weighted by Gasteiger charge is 2.43. The van der Waals surface area contributed by atoms with Crippen LogP contribution in [0.1, 0.15) is 17.0 Å². The third-order valence-corrected chi connectivity index (χ3v) is 5.60. The molecule has 1 atom stereocenters. The lowest BCUT2D eigenvalue weighted by atomic mass is 9.81. The zero-order valence-electron chi connectivity index (χ0n) is 17.1. The number of nitriles is 2. The number of hydrogen-bond acceptors (Lipinski definition) is 8. The van der Waals surface area contributed by atoms with Gasteiger partial charge >= 0.3 is 11.9 Å². The normalized spacial score (nSPS) is 15.7. The number of carbonyl (C=O) groups is 2. The molecule has 0 aliphatic carbocycles. The second-order valence-electron chi connectivity index (χ2n) is 6.61. The van der Waals surface area contributed by atoms with Crippen LogP contribution in [0.15, 0.2) is 71.2 Å². The zero-order chi connectivity index (χ0) is 23.4. The molecule has 1 unspecified atom stereocenters. The van der Waals surface area contributed by atoms with Crippen LogP contribution in [-0.2, 0) is 19.1 Å². The number of esters is 2. The molecule has 160 valence electrons. The van der Waals surface area contributed by atoms with Crippen molar-refractivity contribution in [3.05, 3.63) is 85.9 Å². The number of anilines is 1. The largest absolute Gasteiger partial charge is 0.466 e. The molecule has 0 bridgehead atoms. The maximum Gasteiger partial charge on any atom is 0.355 e. The Morgan fingerprint density at radius 1 is 1.03 bits per heavy atom. The molecule has 1 heterocycles. The fourth-order valence-corrected chi connectivity index (χ4v) is 4.05. The number of carbonyl (C=O) groups excluding carboxylic acids is 2. The van der Waals surface area contributed by atoms with Gasteiger partial charge < -0.3 is 15.2 Å². The Balaban J connectivity index is 2.46. The molecule has 1 aliphatic heterocycles. The molecule has 2 N–H and O–H groups in total. The van der Waals surface area contributed by atoms with E-state index < -0.39 is 17.9 Å². The van der Waals surface area contributed by atoms with Crippen molar-refractivity contribution in [2.24, 2.45) is 5.73 Å². The van der Waals surface area contributed by atoms with Crippen LogP contribution in [0.3, 0.4) is 0 Å². The van der Waals surface area contributed by atoms with Gasteiger partial charge in [0.2, 0.25) is 0 Å². The summed E-state index contributed by atoms with van der Waals surface area (Å²) < 4.78 is 10.7. The van der Waals surface area contributed by atoms with Gasteiger partial charge in [-0.3, -0.25) is 4.90 Å². The van der Waals surface area contributed by atoms with Crippen molar-refractivity contribution < 1.29 is 19.1 Å². The van der Waals surface area contributed by atoms with Gasteiger partial charge in [0.1, 0.15) is 17.6 Å². The summed E-state index contributed by atoms with van der Waals surface area (Å²) in [6, 6.07) is 17.7. The second kappa shape index (κ2) is 9.54. The minimum Gasteiger partial charge on any atom is -0.466 e. The number of methoxy groups -OCH3 is 2. The van der Waals surface area contributed by atoms with Gasteiger partial charge in [0.25, 0.3) is 0 Å². The van der Waals surface area contributed by atoms with E-state index in [9.17, 15) is 20.1 Å². The van der Waals surface area contributed by atoms with E-state index in [0.717, 1.165) is 3.57 Å². The Labute approximate surface area is 198 Å². The van der Waals surface area contributed by atoms with Gasteiger partial charge in [0.15, 0.2) is 0 Å². The molecule has 0 saturated carbocycles. The second-order valence-corrected chi connectivity index (χ2v) is 7.85. The highest BCUT2D eigenvalue weighted by molar-refractivity contribution is 14.1. The smallest absolute Gasteiger partial charge is 0.355 e. The summed E-state index contributed by atoms with van der Waals surface area (Å²) >= 11 is 2.05. The van der Waals surface area contributed by atoms with E-state index in [2.05, 4.69) is 12.1 Å². The van der Waals surface area contributed by atoms with Gasteiger partial charge in [-0.1, -0.05) is 30.3 Å². The monoisotopic (exact) mass is 540 g/mol. The van der Waals surface area contributed by atoms with Gasteiger partial charge in [0.05, 0.1) is 48.6 Å². The molecule has 2 aromatic carbocycles. The average Bonchev–Trinajstić information content (AvgIpc) is 2.82. The van der Waals surface area contributed by atoms with Crippen molar-refractivity contribution in [3.63, 3.8) is 0 Å². The summed E-state index contributed by atoms with van der Waals surface area (Å²) in [5.41, 5.74) is 7.11. The summed E-state index contributed by atoms with van der Waals surface area (Å²) in [6.45, 7) is 0. The summed E-state index contributed by atoms with van der Waals surface area (Å²) in [4.78, 5) is 27.2. The summed E-state index contributed by atoms with van der Waals surface area (Å²) in [6.07, 6.45) is 0. The van der Waals surface area contributed by atoms with Crippen LogP contribution in [0, 0.1) is 26.2 Å². The van der Waals surface area contributed by atoms with Crippen LogP contribution >= 0.6 is 22.6 Å². The maximum atomic E-state index is 13.0. The van der Waals surface area contributed by atoms with Crippen LogP contribution in [0.5, 0.6) is 0 Å². The third-order valence-electron chi connectivity index (χ3n) is 4.93. The molecule has 0 amide bonds. The zero-order valence-corrected chi connectivity index (χ0v) is 19.3. The van der Waals surface area contributed by atoms with E-state index in [0.29, 0.717) is 5.56 Å². The number of rotatable bonds is 4. The maximum absolute atomic E-state index is 13.0. The molecule has 3 rings (SSSR count). The molecule has 0 fully saturated rings. The first-order valence-electron chi connectivity index (χ1n) is 9.24. The van der Waals surface area contributed by atoms with Gasteiger partial charge in [-0.05, 0) is 46.4 Å². The molecule has 0 spiro atoms. The number of nitrogens with two attached hydrogens (primary N) is 1. The Kier molecular flexibility index (Phi) is 6.81. The van der Waals surface area contributed by atoms with Crippen molar-refractivity contribution in [1.82, 2.24) is 0 Å².